The highest BCUT2D eigenvalue weighted by atomic mass is 35.5. The number of hydrogen-bond acceptors (Lipinski definition) is 3. The molecule has 4 nitrogen and oxygen atoms in total. The van der Waals surface area contributed by atoms with Crippen molar-refractivity contribution < 1.29 is 14.3 Å². The summed E-state index contributed by atoms with van der Waals surface area (Å²) in [5.41, 5.74) is 0.492. The van der Waals surface area contributed by atoms with Crippen LogP contribution in [0, 0.1) is 0 Å². The van der Waals surface area contributed by atoms with Crippen LogP contribution in [0.4, 0.5) is 5.69 Å². The van der Waals surface area contributed by atoms with Gasteiger partial charge in [-0.3, -0.25) is 4.79 Å². The van der Waals surface area contributed by atoms with Crippen molar-refractivity contribution in [1.29, 1.82) is 0 Å². The molecule has 0 aliphatic rings. The molecule has 0 spiro atoms. The number of carbonyl (C=O) groups is 1. The van der Waals surface area contributed by atoms with Gasteiger partial charge < -0.3 is 14.8 Å². The van der Waals surface area contributed by atoms with Gasteiger partial charge in [-0.1, -0.05) is 42.3 Å². The van der Waals surface area contributed by atoms with Crippen molar-refractivity contribution >= 4 is 34.8 Å². The van der Waals surface area contributed by atoms with Crippen molar-refractivity contribution in [2.75, 3.05) is 12.4 Å². The van der Waals surface area contributed by atoms with Gasteiger partial charge in [0.1, 0.15) is 11.5 Å². The second kappa shape index (κ2) is 8.09. The highest BCUT2D eigenvalue weighted by molar-refractivity contribution is 6.32. The Bertz CT molecular complexity index is 691. The molecule has 23 heavy (non-hydrogen) atoms. The summed E-state index contributed by atoms with van der Waals surface area (Å²) >= 11 is 12.0. The summed E-state index contributed by atoms with van der Waals surface area (Å²) in [5, 5.41) is 3.74. The van der Waals surface area contributed by atoms with E-state index in [2.05, 4.69) is 5.32 Å². The van der Waals surface area contributed by atoms with Crippen LogP contribution >= 0.6 is 23.2 Å². The molecule has 0 aliphatic heterocycles. The molecule has 1 atom stereocenters. The van der Waals surface area contributed by atoms with Crippen LogP contribution in [0.15, 0.2) is 42.5 Å². The molecule has 0 radical (unpaired) electrons. The maximum atomic E-state index is 12.5. The lowest BCUT2D eigenvalue weighted by Crippen LogP contribution is -2.32. The molecule has 0 heterocycles. The van der Waals surface area contributed by atoms with E-state index in [1.54, 1.807) is 42.5 Å². The van der Waals surface area contributed by atoms with Crippen molar-refractivity contribution in [3.05, 3.63) is 52.5 Å². The smallest absolute Gasteiger partial charge is 0.265 e. The number of anilines is 1. The lowest BCUT2D eigenvalue weighted by molar-refractivity contribution is -0.122. The highest BCUT2D eigenvalue weighted by Crippen LogP contribution is 2.29. The summed E-state index contributed by atoms with van der Waals surface area (Å²) in [6.07, 6.45) is -0.196. The topological polar surface area (TPSA) is 47.6 Å². The molecule has 0 saturated carbocycles. The molecular formula is C17H17Cl2NO3. The van der Waals surface area contributed by atoms with Crippen LogP contribution in [0.2, 0.25) is 10.0 Å². The van der Waals surface area contributed by atoms with Gasteiger partial charge in [-0.05, 0) is 36.8 Å². The predicted molar refractivity (Wildman–Crippen MR) is 92.8 cm³/mol. The van der Waals surface area contributed by atoms with Crippen molar-refractivity contribution in [2.24, 2.45) is 0 Å². The van der Waals surface area contributed by atoms with Crippen LogP contribution in [0.1, 0.15) is 13.3 Å². The van der Waals surface area contributed by atoms with Gasteiger partial charge in [-0.2, -0.15) is 0 Å². The molecule has 2 aromatic rings. The van der Waals surface area contributed by atoms with Gasteiger partial charge in [0, 0.05) is 5.02 Å². The van der Waals surface area contributed by atoms with Crippen LogP contribution in [-0.2, 0) is 4.79 Å². The minimum atomic E-state index is -0.682. The first-order valence-corrected chi connectivity index (χ1v) is 7.86. The summed E-state index contributed by atoms with van der Waals surface area (Å²) in [6.45, 7) is 1.86. The molecule has 1 N–H and O–H groups in total. The maximum Gasteiger partial charge on any atom is 0.265 e. The van der Waals surface area contributed by atoms with Gasteiger partial charge >= 0.3 is 0 Å². The molecular weight excluding hydrogens is 337 g/mol. The number of amides is 1. The van der Waals surface area contributed by atoms with Gasteiger partial charge in [-0.15, -0.1) is 0 Å². The molecule has 0 aliphatic carbocycles. The first-order chi connectivity index (χ1) is 11.0. The highest BCUT2D eigenvalue weighted by Gasteiger charge is 2.21. The second-order valence-electron chi connectivity index (χ2n) is 4.78. The minimum absolute atomic E-state index is 0.298. The standard InChI is InChI=1S/C17H17Cl2NO3/c1-3-14(23-15-7-5-4-6-12(15)19)17(21)20-13-10-11(18)8-9-16(13)22-2/h4-10,14H,3H2,1-2H3,(H,20,21). The quantitative estimate of drug-likeness (QED) is 0.811. The minimum Gasteiger partial charge on any atom is -0.495 e. The Labute approximate surface area is 145 Å². The number of para-hydroxylation sites is 1. The molecule has 1 amide bonds. The number of rotatable bonds is 6. The summed E-state index contributed by atoms with van der Waals surface area (Å²) in [4.78, 5) is 12.5. The number of methoxy groups -OCH3 is 1. The summed E-state index contributed by atoms with van der Waals surface area (Å²) in [7, 11) is 1.52. The summed E-state index contributed by atoms with van der Waals surface area (Å²) in [5.74, 6) is 0.692. The van der Waals surface area contributed by atoms with Gasteiger partial charge in [0.15, 0.2) is 6.10 Å². The van der Waals surface area contributed by atoms with E-state index in [4.69, 9.17) is 32.7 Å². The lowest BCUT2D eigenvalue weighted by atomic mass is 10.2. The van der Waals surface area contributed by atoms with Crippen molar-refractivity contribution in [3.63, 3.8) is 0 Å². The zero-order chi connectivity index (χ0) is 16.8. The molecule has 1 unspecified atom stereocenters. The Morgan fingerprint density at radius 3 is 2.57 bits per heavy atom. The van der Waals surface area contributed by atoms with Crippen LogP contribution in [0.5, 0.6) is 11.5 Å². The average Bonchev–Trinajstić information content (AvgIpc) is 2.54. The number of nitrogens with one attached hydrogen (secondary N) is 1. The molecule has 6 heteroatoms. The Balaban J connectivity index is 2.15. The van der Waals surface area contributed by atoms with E-state index in [-0.39, 0.29) is 5.91 Å². The van der Waals surface area contributed by atoms with E-state index < -0.39 is 6.10 Å². The summed E-state index contributed by atoms with van der Waals surface area (Å²) < 4.78 is 10.9. The SMILES string of the molecule is CCC(Oc1ccccc1Cl)C(=O)Nc1cc(Cl)ccc1OC. The Hall–Kier alpha value is -1.91. The fourth-order valence-corrected chi connectivity index (χ4v) is 2.36. The zero-order valence-corrected chi connectivity index (χ0v) is 14.3. The monoisotopic (exact) mass is 353 g/mol. The van der Waals surface area contributed by atoms with E-state index in [1.807, 2.05) is 6.92 Å². The molecule has 0 bridgehead atoms. The normalized spacial score (nSPS) is 11.7. The van der Waals surface area contributed by atoms with E-state index in [9.17, 15) is 4.79 Å². The van der Waals surface area contributed by atoms with Gasteiger partial charge in [0.2, 0.25) is 0 Å². The number of ether oxygens (including phenoxy) is 2. The first-order valence-electron chi connectivity index (χ1n) is 7.10. The number of carbonyl (C=O) groups excluding carboxylic acids is 1. The third-order valence-corrected chi connectivity index (χ3v) is 3.74. The fourth-order valence-electron chi connectivity index (χ4n) is 2.01. The van der Waals surface area contributed by atoms with Gasteiger partial charge in [-0.25, -0.2) is 0 Å². The van der Waals surface area contributed by atoms with Crippen molar-refractivity contribution in [2.45, 2.75) is 19.4 Å². The van der Waals surface area contributed by atoms with E-state index in [0.29, 0.717) is 33.7 Å². The number of halogens is 2. The van der Waals surface area contributed by atoms with E-state index in [1.165, 1.54) is 7.11 Å². The van der Waals surface area contributed by atoms with Crippen LogP contribution in [0.25, 0.3) is 0 Å². The molecule has 2 rings (SSSR count). The maximum absolute atomic E-state index is 12.5. The van der Waals surface area contributed by atoms with E-state index >= 15 is 0 Å². The fraction of sp³-hybridized carbons (Fsp3) is 0.235. The number of hydrogen-bond donors (Lipinski definition) is 1. The van der Waals surface area contributed by atoms with Crippen LogP contribution in [0.3, 0.4) is 0 Å². The number of benzene rings is 2. The van der Waals surface area contributed by atoms with E-state index in [0.717, 1.165) is 0 Å². The van der Waals surface area contributed by atoms with Crippen LogP contribution < -0.4 is 14.8 Å². The third kappa shape index (κ3) is 4.53. The molecule has 0 fully saturated rings. The zero-order valence-electron chi connectivity index (χ0n) is 12.8. The van der Waals surface area contributed by atoms with Crippen molar-refractivity contribution in [1.82, 2.24) is 0 Å². The molecule has 2 aromatic carbocycles. The summed E-state index contributed by atoms with van der Waals surface area (Å²) in [6, 6.07) is 12.0. The molecule has 0 aromatic heterocycles. The van der Waals surface area contributed by atoms with Gasteiger partial charge in [0.05, 0.1) is 17.8 Å². The predicted octanol–water partition coefficient (Wildman–Crippen LogP) is 4.80. The lowest BCUT2D eigenvalue weighted by Gasteiger charge is -2.19. The van der Waals surface area contributed by atoms with Gasteiger partial charge in [0.25, 0.3) is 5.91 Å². The largest absolute Gasteiger partial charge is 0.495 e. The molecule has 0 saturated heterocycles. The Kier molecular flexibility index (Phi) is 6.13. The first kappa shape index (κ1) is 17.4. The Morgan fingerprint density at radius 1 is 1.17 bits per heavy atom. The second-order valence-corrected chi connectivity index (χ2v) is 5.62. The third-order valence-electron chi connectivity index (χ3n) is 3.19. The van der Waals surface area contributed by atoms with Crippen LogP contribution in [-0.4, -0.2) is 19.1 Å². The van der Waals surface area contributed by atoms with Crippen molar-refractivity contribution in [3.8, 4) is 11.5 Å². The average molecular weight is 354 g/mol. The Morgan fingerprint density at radius 2 is 1.91 bits per heavy atom. The molecule has 122 valence electrons.